The molecule has 1 aliphatic rings. The molecule has 0 spiro atoms. The largest absolute Gasteiger partial charge is 0.368 e. The summed E-state index contributed by atoms with van der Waals surface area (Å²) in [5.41, 5.74) is 11.3. The maximum Gasteiger partial charge on any atom is 0.222 e. The Morgan fingerprint density at radius 2 is 2.00 bits per heavy atom. The summed E-state index contributed by atoms with van der Waals surface area (Å²) in [6.07, 6.45) is 12.0. The number of hydrogen-bond donors (Lipinski definition) is 2. The third kappa shape index (κ3) is 2.36. The molecule has 6 nitrogen and oxygen atoms in total. The molecule has 0 radical (unpaired) electrons. The first-order chi connectivity index (χ1) is 12.3. The number of H-pyrrole nitrogens is 1. The maximum atomic E-state index is 5.99. The van der Waals surface area contributed by atoms with E-state index < -0.39 is 0 Å². The van der Waals surface area contributed by atoms with Gasteiger partial charge in [-0.25, -0.2) is 9.50 Å². The van der Waals surface area contributed by atoms with Crippen molar-refractivity contribution >= 4 is 22.5 Å². The van der Waals surface area contributed by atoms with Crippen LogP contribution in [0.1, 0.15) is 43.7 Å². The van der Waals surface area contributed by atoms with Crippen molar-refractivity contribution in [2.75, 3.05) is 5.73 Å². The zero-order valence-corrected chi connectivity index (χ0v) is 13.9. The van der Waals surface area contributed by atoms with Gasteiger partial charge >= 0.3 is 0 Å². The van der Waals surface area contributed by atoms with E-state index in [0.29, 0.717) is 11.9 Å². The summed E-state index contributed by atoms with van der Waals surface area (Å²) in [6, 6.07) is 6.25. The predicted molar refractivity (Wildman–Crippen MR) is 98.3 cm³/mol. The number of anilines is 1. The Balaban J connectivity index is 1.72. The van der Waals surface area contributed by atoms with Crippen LogP contribution in [0.2, 0.25) is 0 Å². The number of nitrogens with zero attached hydrogens (tertiary/aromatic N) is 4. The minimum atomic E-state index is 0.354. The number of hydrogen-bond acceptors (Lipinski definition) is 4. The zero-order valence-electron chi connectivity index (χ0n) is 13.9. The smallest absolute Gasteiger partial charge is 0.222 e. The molecule has 4 heterocycles. The summed E-state index contributed by atoms with van der Waals surface area (Å²) in [5, 5.41) is 5.39. The molecule has 4 aromatic rings. The molecule has 5 rings (SSSR count). The van der Waals surface area contributed by atoms with Crippen molar-refractivity contribution in [3.63, 3.8) is 0 Å². The summed E-state index contributed by atoms with van der Waals surface area (Å²) >= 11 is 0. The first-order valence-corrected chi connectivity index (χ1v) is 8.88. The Labute approximate surface area is 145 Å². The average Bonchev–Trinajstić information content (AvgIpc) is 3.27. The van der Waals surface area contributed by atoms with Crippen molar-refractivity contribution in [1.29, 1.82) is 0 Å². The van der Waals surface area contributed by atoms with Gasteiger partial charge in [-0.3, -0.25) is 0 Å². The highest BCUT2D eigenvalue weighted by Crippen LogP contribution is 2.39. The first kappa shape index (κ1) is 14.5. The number of nitrogens with one attached hydrogen (secondary N) is 1. The van der Waals surface area contributed by atoms with E-state index in [0.717, 1.165) is 33.4 Å². The van der Waals surface area contributed by atoms with Crippen LogP contribution < -0.4 is 5.73 Å². The molecule has 0 aromatic carbocycles. The second kappa shape index (κ2) is 5.58. The topological polar surface area (TPSA) is 84.9 Å². The lowest BCUT2D eigenvalue weighted by molar-refractivity contribution is 0.439. The number of nitrogens with two attached hydrogens (primary N) is 1. The molecular formula is C19H20N6. The van der Waals surface area contributed by atoms with E-state index in [-0.39, 0.29) is 0 Å². The van der Waals surface area contributed by atoms with Crippen LogP contribution in [0.4, 0.5) is 5.95 Å². The summed E-state index contributed by atoms with van der Waals surface area (Å²) < 4.78 is 1.87. The van der Waals surface area contributed by atoms with Gasteiger partial charge in [0.25, 0.3) is 0 Å². The van der Waals surface area contributed by atoms with Gasteiger partial charge in [0.15, 0.2) is 0 Å². The Morgan fingerprint density at radius 1 is 1.12 bits per heavy atom. The molecule has 0 aliphatic heterocycles. The van der Waals surface area contributed by atoms with Crippen molar-refractivity contribution in [3.8, 4) is 11.1 Å². The second-order valence-corrected chi connectivity index (χ2v) is 6.84. The van der Waals surface area contributed by atoms with Gasteiger partial charge in [0.05, 0.1) is 11.2 Å². The van der Waals surface area contributed by atoms with E-state index in [1.807, 2.05) is 29.2 Å². The van der Waals surface area contributed by atoms with Crippen LogP contribution in [0, 0.1) is 0 Å². The molecule has 4 aromatic heterocycles. The minimum absolute atomic E-state index is 0.354. The molecule has 6 heteroatoms. The highest BCUT2D eigenvalue weighted by molar-refractivity contribution is 5.96. The monoisotopic (exact) mass is 332 g/mol. The molecule has 1 fully saturated rings. The molecule has 0 saturated heterocycles. The molecule has 0 atom stereocenters. The first-order valence-electron chi connectivity index (χ1n) is 8.88. The molecule has 126 valence electrons. The van der Waals surface area contributed by atoms with Gasteiger partial charge in [-0.05, 0) is 36.6 Å². The summed E-state index contributed by atoms with van der Waals surface area (Å²) in [7, 11) is 0. The van der Waals surface area contributed by atoms with Crippen LogP contribution in [0.5, 0.6) is 0 Å². The molecule has 3 N–H and O–H groups in total. The average molecular weight is 332 g/mol. The lowest BCUT2D eigenvalue weighted by atomic mass is 9.85. The molecular weight excluding hydrogens is 312 g/mol. The Morgan fingerprint density at radius 3 is 2.88 bits per heavy atom. The molecule has 0 bridgehead atoms. The molecule has 1 aliphatic carbocycles. The number of aromatic amines is 1. The fraction of sp³-hybridized carbons (Fsp3) is 0.316. The van der Waals surface area contributed by atoms with E-state index in [1.165, 1.54) is 32.1 Å². The van der Waals surface area contributed by atoms with Crippen molar-refractivity contribution in [1.82, 2.24) is 24.6 Å². The number of nitrogen functional groups attached to an aromatic ring is 1. The lowest BCUT2D eigenvalue weighted by Gasteiger charge is -2.22. The summed E-state index contributed by atoms with van der Waals surface area (Å²) in [5.74, 6) is 0.822. The van der Waals surface area contributed by atoms with Crippen LogP contribution in [-0.4, -0.2) is 24.6 Å². The van der Waals surface area contributed by atoms with Gasteiger partial charge < -0.3 is 10.7 Å². The number of fused-ring (bicyclic) bond motifs is 2. The molecule has 0 unspecified atom stereocenters. The van der Waals surface area contributed by atoms with Crippen molar-refractivity contribution in [3.05, 3.63) is 42.5 Å². The zero-order chi connectivity index (χ0) is 16.8. The van der Waals surface area contributed by atoms with Gasteiger partial charge in [-0.2, -0.15) is 10.1 Å². The summed E-state index contributed by atoms with van der Waals surface area (Å²) in [4.78, 5) is 12.4. The van der Waals surface area contributed by atoms with Gasteiger partial charge in [0, 0.05) is 35.5 Å². The van der Waals surface area contributed by atoms with Crippen LogP contribution in [0.3, 0.4) is 0 Å². The third-order valence-electron chi connectivity index (χ3n) is 5.28. The number of aromatic nitrogens is 5. The normalized spacial score (nSPS) is 16.0. The predicted octanol–water partition coefficient (Wildman–Crippen LogP) is 3.90. The van der Waals surface area contributed by atoms with Crippen LogP contribution in [0.15, 0.2) is 36.8 Å². The van der Waals surface area contributed by atoms with E-state index >= 15 is 0 Å². The Kier molecular flexibility index (Phi) is 3.23. The number of rotatable bonds is 2. The van der Waals surface area contributed by atoms with Crippen LogP contribution in [-0.2, 0) is 0 Å². The van der Waals surface area contributed by atoms with Crippen molar-refractivity contribution in [2.45, 2.75) is 38.0 Å². The fourth-order valence-corrected chi connectivity index (χ4v) is 4.07. The van der Waals surface area contributed by atoms with E-state index in [2.05, 4.69) is 32.2 Å². The van der Waals surface area contributed by atoms with E-state index in [9.17, 15) is 0 Å². The standard InChI is InChI=1S/C19H20N6/c20-19-23-17(12-4-2-1-3-5-12)16-15(11-21-18(16)24-19)13-7-9-25-14(10-13)6-8-22-25/h6-12H,1-5H2,(H3,20,21,23,24). The van der Waals surface area contributed by atoms with Gasteiger partial charge in [0.1, 0.15) is 5.65 Å². The SMILES string of the molecule is Nc1nc(C2CCCCC2)c2c(-c3ccn4nccc4c3)c[nH]c2n1. The van der Waals surface area contributed by atoms with E-state index in [1.54, 1.807) is 0 Å². The highest BCUT2D eigenvalue weighted by Gasteiger charge is 2.23. The van der Waals surface area contributed by atoms with Crippen molar-refractivity contribution in [2.24, 2.45) is 0 Å². The molecule has 1 saturated carbocycles. The van der Waals surface area contributed by atoms with Gasteiger partial charge in [-0.1, -0.05) is 19.3 Å². The van der Waals surface area contributed by atoms with Crippen LogP contribution in [0.25, 0.3) is 27.7 Å². The van der Waals surface area contributed by atoms with Gasteiger partial charge in [0.2, 0.25) is 5.95 Å². The minimum Gasteiger partial charge on any atom is -0.368 e. The number of pyridine rings is 1. The molecule has 0 amide bonds. The Bertz CT molecular complexity index is 1050. The molecule has 25 heavy (non-hydrogen) atoms. The fourth-order valence-electron chi connectivity index (χ4n) is 4.07. The third-order valence-corrected chi connectivity index (χ3v) is 5.28. The van der Waals surface area contributed by atoms with E-state index in [4.69, 9.17) is 5.73 Å². The summed E-state index contributed by atoms with van der Waals surface area (Å²) in [6.45, 7) is 0. The quantitative estimate of drug-likeness (QED) is 0.583. The maximum absolute atomic E-state index is 5.99. The Hall–Kier alpha value is -2.89. The lowest BCUT2D eigenvalue weighted by Crippen LogP contribution is -2.09. The highest BCUT2D eigenvalue weighted by atomic mass is 15.2. The second-order valence-electron chi connectivity index (χ2n) is 6.84. The van der Waals surface area contributed by atoms with Gasteiger partial charge in [-0.15, -0.1) is 0 Å². The van der Waals surface area contributed by atoms with Crippen molar-refractivity contribution < 1.29 is 0 Å². The van der Waals surface area contributed by atoms with Crippen LogP contribution >= 0.6 is 0 Å².